The van der Waals surface area contributed by atoms with Gasteiger partial charge in [-0.3, -0.25) is 9.80 Å². The quantitative estimate of drug-likeness (QED) is 0.816. The number of amides is 2. The van der Waals surface area contributed by atoms with Crippen LogP contribution in [0.4, 0.5) is 14.0 Å². The number of hydrogen-bond acceptors (Lipinski definition) is 5. The van der Waals surface area contributed by atoms with Crippen molar-refractivity contribution in [3.05, 3.63) is 0 Å². The van der Waals surface area contributed by atoms with Gasteiger partial charge < -0.3 is 14.8 Å². The number of carbonyl (C=O) groups is 2. The third-order valence-corrected chi connectivity index (χ3v) is 6.32. The standard InChI is InChI=1S/C17H26FN3O4/c1-2-24-16(23)21-11-3-4-12(21)14(18)13(9-11)20-7-5-17(6-8-20)10-19-15(22)25-17/h11-14H,2-10H2,1H3,(H,19,22). The van der Waals surface area contributed by atoms with E-state index in [-0.39, 0.29) is 30.3 Å². The van der Waals surface area contributed by atoms with Crippen molar-refractivity contribution in [2.24, 2.45) is 0 Å². The predicted octanol–water partition coefficient (Wildman–Crippen LogP) is 1.66. The molecule has 2 bridgehead atoms. The molecule has 7 nitrogen and oxygen atoms in total. The Labute approximate surface area is 146 Å². The van der Waals surface area contributed by atoms with E-state index in [9.17, 15) is 9.59 Å². The third-order valence-electron chi connectivity index (χ3n) is 6.32. The lowest BCUT2D eigenvalue weighted by Crippen LogP contribution is -2.61. The van der Waals surface area contributed by atoms with Crippen LogP contribution in [0, 0.1) is 0 Å². The first-order valence-electron chi connectivity index (χ1n) is 9.33. The second-order valence-electron chi connectivity index (χ2n) is 7.61. The Morgan fingerprint density at radius 1 is 1.36 bits per heavy atom. The van der Waals surface area contributed by atoms with Crippen LogP contribution in [0.25, 0.3) is 0 Å². The summed E-state index contributed by atoms with van der Waals surface area (Å²) in [6, 6.07) is -0.460. The monoisotopic (exact) mass is 355 g/mol. The molecule has 1 spiro atoms. The molecule has 2 amide bonds. The average molecular weight is 355 g/mol. The first kappa shape index (κ1) is 16.9. The summed E-state index contributed by atoms with van der Waals surface area (Å²) in [5, 5.41) is 2.73. The van der Waals surface area contributed by atoms with Crippen molar-refractivity contribution in [2.75, 3.05) is 26.2 Å². The van der Waals surface area contributed by atoms with E-state index in [4.69, 9.17) is 9.47 Å². The number of alkyl halides is 1. The van der Waals surface area contributed by atoms with Crippen LogP contribution in [0.3, 0.4) is 0 Å². The molecule has 4 fully saturated rings. The number of fused-ring (bicyclic) bond motifs is 2. The fourth-order valence-corrected chi connectivity index (χ4v) is 5.00. The highest BCUT2D eigenvalue weighted by molar-refractivity contribution is 5.70. The summed E-state index contributed by atoms with van der Waals surface area (Å²) >= 11 is 0. The van der Waals surface area contributed by atoms with Crippen LogP contribution in [-0.4, -0.2) is 78.1 Å². The number of nitrogens with one attached hydrogen (secondary N) is 1. The van der Waals surface area contributed by atoms with Gasteiger partial charge in [0, 0.05) is 38.0 Å². The smallest absolute Gasteiger partial charge is 0.410 e. The summed E-state index contributed by atoms with van der Waals surface area (Å²) in [5.74, 6) is 0. The van der Waals surface area contributed by atoms with Gasteiger partial charge in [0.25, 0.3) is 0 Å². The molecule has 0 radical (unpaired) electrons. The van der Waals surface area contributed by atoms with Gasteiger partial charge >= 0.3 is 12.2 Å². The van der Waals surface area contributed by atoms with Gasteiger partial charge in [0.2, 0.25) is 0 Å². The topological polar surface area (TPSA) is 71.1 Å². The molecular weight excluding hydrogens is 329 g/mol. The summed E-state index contributed by atoms with van der Waals surface area (Å²) < 4.78 is 25.8. The largest absolute Gasteiger partial charge is 0.450 e. The molecule has 4 aliphatic heterocycles. The Morgan fingerprint density at radius 2 is 2.12 bits per heavy atom. The zero-order valence-corrected chi connectivity index (χ0v) is 14.6. The molecule has 0 aromatic carbocycles. The Hall–Kier alpha value is -1.57. The van der Waals surface area contributed by atoms with E-state index in [2.05, 4.69) is 10.2 Å². The molecule has 1 N–H and O–H groups in total. The Balaban J connectivity index is 1.40. The molecule has 4 heterocycles. The van der Waals surface area contributed by atoms with E-state index in [1.54, 1.807) is 11.8 Å². The minimum absolute atomic E-state index is 0.0721. The van der Waals surface area contributed by atoms with Gasteiger partial charge in [-0.05, 0) is 26.2 Å². The lowest BCUT2D eigenvalue weighted by Gasteiger charge is -2.47. The van der Waals surface area contributed by atoms with Gasteiger partial charge in [0.05, 0.1) is 19.2 Å². The number of carbonyl (C=O) groups excluding carboxylic acids is 2. The second kappa shape index (κ2) is 6.30. The van der Waals surface area contributed by atoms with E-state index >= 15 is 4.39 Å². The maximum absolute atomic E-state index is 15.2. The number of alkyl carbamates (subject to hydrolysis) is 1. The van der Waals surface area contributed by atoms with Crippen molar-refractivity contribution in [1.82, 2.24) is 15.1 Å². The highest BCUT2D eigenvalue weighted by Crippen LogP contribution is 2.41. The highest BCUT2D eigenvalue weighted by atomic mass is 19.1. The summed E-state index contributed by atoms with van der Waals surface area (Å²) in [5.41, 5.74) is -0.413. The van der Waals surface area contributed by atoms with Crippen molar-refractivity contribution in [1.29, 1.82) is 0 Å². The lowest BCUT2D eigenvalue weighted by atomic mass is 9.87. The molecule has 8 heteroatoms. The van der Waals surface area contributed by atoms with Crippen LogP contribution < -0.4 is 5.32 Å². The van der Waals surface area contributed by atoms with Crippen LogP contribution in [0.15, 0.2) is 0 Å². The molecule has 4 saturated heterocycles. The second-order valence-corrected chi connectivity index (χ2v) is 7.61. The summed E-state index contributed by atoms with van der Waals surface area (Å²) in [6.07, 6.45) is 1.89. The van der Waals surface area contributed by atoms with Crippen LogP contribution in [0.5, 0.6) is 0 Å². The first-order chi connectivity index (χ1) is 12.0. The average Bonchev–Trinajstić information content (AvgIpc) is 3.13. The van der Waals surface area contributed by atoms with Crippen molar-refractivity contribution >= 4 is 12.2 Å². The Morgan fingerprint density at radius 3 is 2.76 bits per heavy atom. The van der Waals surface area contributed by atoms with Gasteiger partial charge in [0.1, 0.15) is 11.8 Å². The number of halogens is 1. The van der Waals surface area contributed by atoms with E-state index < -0.39 is 11.8 Å². The number of ether oxygens (including phenoxy) is 2. The molecule has 25 heavy (non-hydrogen) atoms. The third kappa shape index (κ3) is 2.84. The Kier molecular flexibility index (Phi) is 4.25. The maximum atomic E-state index is 15.2. The number of piperidine rings is 2. The van der Waals surface area contributed by atoms with Crippen LogP contribution in [0.1, 0.15) is 39.0 Å². The van der Waals surface area contributed by atoms with Gasteiger partial charge in [-0.1, -0.05) is 0 Å². The SMILES string of the molecule is CCOC(=O)N1C2CCC1C(F)C(N1CCC3(CC1)CNC(=O)O3)C2. The summed E-state index contributed by atoms with van der Waals surface area (Å²) in [7, 11) is 0. The number of rotatable bonds is 2. The summed E-state index contributed by atoms with van der Waals surface area (Å²) in [4.78, 5) is 27.3. The first-order valence-corrected chi connectivity index (χ1v) is 9.33. The van der Waals surface area contributed by atoms with Crippen molar-refractivity contribution in [3.63, 3.8) is 0 Å². The van der Waals surface area contributed by atoms with Crippen LogP contribution in [-0.2, 0) is 9.47 Å². The molecule has 0 saturated carbocycles. The van der Waals surface area contributed by atoms with Crippen LogP contribution in [0.2, 0.25) is 0 Å². The minimum atomic E-state index is -1.05. The van der Waals surface area contributed by atoms with Gasteiger partial charge in [-0.15, -0.1) is 0 Å². The molecule has 0 aromatic heterocycles. The van der Waals surface area contributed by atoms with Crippen LogP contribution >= 0.6 is 0 Å². The molecule has 0 aliphatic carbocycles. The van der Waals surface area contributed by atoms with E-state index in [1.807, 2.05) is 0 Å². The zero-order valence-electron chi connectivity index (χ0n) is 14.6. The van der Waals surface area contributed by atoms with Gasteiger partial charge in [-0.25, -0.2) is 14.0 Å². The number of likely N-dealkylation sites (tertiary alicyclic amines) is 1. The predicted molar refractivity (Wildman–Crippen MR) is 87.0 cm³/mol. The molecule has 140 valence electrons. The van der Waals surface area contributed by atoms with E-state index in [1.165, 1.54) is 0 Å². The molecular formula is C17H26FN3O4. The zero-order chi connectivity index (χ0) is 17.6. The minimum Gasteiger partial charge on any atom is -0.450 e. The number of nitrogens with zero attached hydrogens (tertiary/aromatic N) is 2. The molecule has 4 atom stereocenters. The fourth-order valence-electron chi connectivity index (χ4n) is 5.00. The van der Waals surface area contributed by atoms with E-state index in [0.29, 0.717) is 26.0 Å². The highest BCUT2D eigenvalue weighted by Gasteiger charge is 2.53. The number of hydrogen-bond donors (Lipinski definition) is 1. The molecule has 4 unspecified atom stereocenters. The fraction of sp³-hybridized carbons (Fsp3) is 0.882. The maximum Gasteiger partial charge on any atom is 0.410 e. The summed E-state index contributed by atoms with van der Waals surface area (Å²) in [6.45, 7) is 4.08. The normalized spacial score (nSPS) is 37.0. The molecule has 4 aliphatic rings. The van der Waals surface area contributed by atoms with Gasteiger partial charge in [-0.2, -0.15) is 0 Å². The van der Waals surface area contributed by atoms with Crippen molar-refractivity contribution in [2.45, 2.75) is 68.9 Å². The van der Waals surface area contributed by atoms with E-state index in [0.717, 1.165) is 32.4 Å². The van der Waals surface area contributed by atoms with Gasteiger partial charge in [0.15, 0.2) is 0 Å². The molecule has 0 aromatic rings. The Bertz CT molecular complexity index is 552. The van der Waals surface area contributed by atoms with Crippen molar-refractivity contribution < 1.29 is 23.5 Å². The lowest BCUT2D eigenvalue weighted by molar-refractivity contribution is -0.0504. The molecule has 4 rings (SSSR count). The van der Waals surface area contributed by atoms with Crippen molar-refractivity contribution in [3.8, 4) is 0 Å².